The molecule has 0 unspecified atom stereocenters. The highest BCUT2D eigenvalue weighted by molar-refractivity contribution is 6.04. The molecule has 0 aliphatic carbocycles. The number of hydrogen-bond acceptors (Lipinski definition) is 7. The molecule has 4 rings (SSSR count). The number of aryl methyl sites for hydroxylation is 1. The van der Waals surface area contributed by atoms with Gasteiger partial charge in [-0.15, -0.1) is 0 Å². The maximum Gasteiger partial charge on any atom is 0.343 e. The number of nitrogens with zero attached hydrogens (tertiary/aromatic N) is 2. The number of rotatable bonds is 17. The molecule has 0 radical (unpaired) electrons. The second-order valence-electron chi connectivity index (χ2n) is 11.4. The molecular weight excluding hydrogens is 610 g/mol. The molecule has 0 fully saturated rings. The SMILES string of the molecule is CCCCCCCCOc1ccc(C(=O)Oc2ccc(CN(CC(=O)O)C(=O)c3ccc(NC(=O)c4ncccc4C)cc3)cc2)cc1. The first-order chi connectivity index (χ1) is 23.2. The van der Waals surface area contributed by atoms with Gasteiger partial charge < -0.3 is 24.8 Å². The van der Waals surface area contributed by atoms with E-state index in [1.807, 2.05) is 0 Å². The highest BCUT2D eigenvalue weighted by Crippen LogP contribution is 2.20. The number of aromatic nitrogens is 1. The lowest BCUT2D eigenvalue weighted by Crippen LogP contribution is -2.35. The van der Waals surface area contributed by atoms with E-state index in [1.54, 1.807) is 79.7 Å². The molecule has 1 heterocycles. The number of ether oxygens (including phenoxy) is 2. The van der Waals surface area contributed by atoms with Crippen molar-refractivity contribution in [1.82, 2.24) is 9.88 Å². The van der Waals surface area contributed by atoms with Crippen LogP contribution in [0.2, 0.25) is 0 Å². The first-order valence-corrected chi connectivity index (χ1v) is 16.1. The number of carboxylic acids is 1. The lowest BCUT2D eigenvalue weighted by atomic mass is 10.1. The zero-order valence-corrected chi connectivity index (χ0v) is 27.3. The van der Waals surface area contributed by atoms with Crippen LogP contribution in [0.25, 0.3) is 0 Å². The number of benzene rings is 3. The van der Waals surface area contributed by atoms with Crippen LogP contribution in [-0.2, 0) is 11.3 Å². The summed E-state index contributed by atoms with van der Waals surface area (Å²) in [5.41, 5.74) is 2.76. The van der Waals surface area contributed by atoms with Crippen molar-refractivity contribution in [2.75, 3.05) is 18.5 Å². The molecule has 1 aromatic heterocycles. The Morgan fingerprint density at radius 2 is 1.44 bits per heavy atom. The Bertz CT molecular complexity index is 1670. The zero-order chi connectivity index (χ0) is 34.3. The molecule has 48 heavy (non-hydrogen) atoms. The minimum Gasteiger partial charge on any atom is -0.494 e. The number of esters is 1. The van der Waals surface area contributed by atoms with E-state index in [-0.39, 0.29) is 18.0 Å². The van der Waals surface area contributed by atoms with E-state index in [2.05, 4.69) is 17.2 Å². The number of anilines is 1. The van der Waals surface area contributed by atoms with E-state index in [0.717, 1.165) is 18.4 Å². The topological polar surface area (TPSA) is 135 Å². The van der Waals surface area contributed by atoms with E-state index in [0.29, 0.717) is 40.6 Å². The molecule has 0 aliphatic heterocycles. The summed E-state index contributed by atoms with van der Waals surface area (Å²) in [6.07, 6.45) is 8.63. The van der Waals surface area contributed by atoms with Crippen molar-refractivity contribution in [2.45, 2.75) is 58.9 Å². The van der Waals surface area contributed by atoms with Gasteiger partial charge in [0, 0.05) is 24.0 Å². The van der Waals surface area contributed by atoms with Crippen LogP contribution in [0.3, 0.4) is 0 Å². The molecule has 10 nitrogen and oxygen atoms in total. The number of nitrogens with one attached hydrogen (secondary N) is 1. The molecule has 10 heteroatoms. The smallest absolute Gasteiger partial charge is 0.343 e. The number of unbranched alkanes of at least 4 members (excludes halogenated alkanes) is 5. The van der Waals surface area contributed by atoms with Crippen molar-refractivity contribution in [3.05, 3.63) is 119 Å². The maximum absolute atomic E-state index is 13.3. The van der Waals surface area contributed by atoms with Gasteiger partial charge in [-0.05, 0) is 91.2 Å². The van der Waals surface area contributed by atoms with Crippen molar-refractivity contribution in [3.8, 4) is 11.5 Å². The van der Waals surface area contributed by atoms with Crippen molar-refractivity contribution in [3.63, 3.8) is 0 Å². The molecule has 0 saturated heterocycles. The standard InChI is InChI=1S/C38H41N3O7/c1-3-4-5-6-7-8-24-47-32-21-15-30(16-22-32)38(46)48-33-19-11-28(12-20-33)25-41(26-34(42)43)37(45)29-13-17-31(18-14-29)40-36(44)35-27(2)10-9-23-39-35/h9-23H,3-8,24-26H2,1-2H3,(H,40,44)(H,42,43). The third-order valence-corrected chi connectivity index (χ3v) is 7.59. The summed E-state index contributed by atoms with van der Waals surface area (Å²) in [7, 11) is 0. The zero-order valence-electron chi connectivity index (χ0n) is 27.3. The van der Waals surface area contributed by atoms with E-state index >= 15 is 0 Å². The van der Waals surface area contributed by atoms with Crippen LogP contribution in [0.15, 0.2) is 91.1 Å². The number of carbonyl (C=O) groups is 4. The summed E-state index contributed by atoms with van der Waals surface area (Å²) in [5.74, 6) is -1.56. The quantitative estimate of drug-likeness (QED) is 0.0689. The second kappa shape index (κ2) is 18.0. The molecular formula is C38H41N3O7. The van der Waals surface area contributed by atoms with Gasteiger partial charge in [-0.3, -0.25) is 19.4 Å². The van der Waals surface area contributed by atoms with Gasteiger partial charge in [0.25, 0.3) is 11.8 Å². The molecule has 2 N–H and O–H groups in total. The van der Waals surface area contributed by atoms with Gasteiger partial charge >= 0.3 is 11.9 Å². The minimum absolute atomic E-state index is 0.0109. The third-order valence-electron chi connectivity index (χ3n) is 7.59. The number of pyridine rings is 1. The van der Waals surface area contributed by atoms with Gasteiger partial charge in [0.05, 0.1) is 12.2 Å². The summed E-state index contributed by atoms with van der Waals surface area (Å²) in [4.78, 5) is 55.5. The van der Waals surface area contributed by atoms with Gasteiger partial charge in [-0.2, -0.15) is 0 Å². The van der Waals surface area contributed by atoms with Crippen molar-refractivity contribution in [1.29, 1.82) is 0 Å². The summed E-state index contributed by atoms with van der Waals surface area (Å²) in [6.45, 7) is 4.11. The van der Waals surface area contributed by atoms with Crippen LogP contribution in [0.4, 0.5) is 5.69 Å². The number of amides is 2. The Kier molecular flexibility index (Phi) is 13.2. The average molecular weight is 652 g/mol. The van der Waals surface area contributed by atoms with Crippen molar-refractivity contribution >= 4 is 29.4 Å². The van der Waals surface area contributed by atoms with Gasteiger partial charge in [0.2, 0.25) is 0 Å². The third kappa shape index (κ3) is 10.8. The monoisotopic (exact) mass is 651 g/mol. The second-order valence-corrected chi connectivity index (χ2v) is 11.4. The average Bonchev–Trinajstić information content (AvgIpc) is 3.08. The van der Waals surface area contributed by atoms with Crippen LogP contribution >= 0.6 is 0 Å². The largest absolute Gasteiger partial charge is 0.494 e. The molecule has 0 aliphatic rings. The van der Waals surface area contributed by atoms with Gasteiger partial charge in [0.1, 0.15) is 23.7 Å². The van der Waals surface area contributed by atoms with Crippen molar-refractivity contribution in [2.24, 2.45) is 0 Å². The maximum atomic E-state index is 13.3. The van der Waals surface area contributed by atoms with Crippen LogP contribution < -0.4 is 14.8 Å². The first kappa shape index (κ1) is 35.3. The Morgan fingerprint density at radius 1 is 0.792 bits per heavy atom. The number of aliphatic carboxylic acids is 1. The van der Waals surface area contributed by atoms with Crippen molar-refractivity contribution < 1.29 is 33.8 Å². The summed E-state index contributed by atoms with van der Waals surface area (Å²) >= 11 is 0. The normalized spacial score (nSPS) is 10.6. The van der Waals surface area contributed by atoms with Crippen LogP contribution in [0, 0.1) is 6.92 Å². The highest BCUT2D eigenvalue weighted by atomic mass is 16.5. The molecule has 2 amide bonds. The molecule has 0 atom stereocenters. The highest BCUT2D eigenvalue weighted by Gasteiger charge is 2.20. The van der Waals surface area contributed by atoms with Gasteiger partial charge in [0.15, 0.2) is 0 Å². The number of hydrogen-bond donors (Lipinski definition) is 2. The van der Waals surface area contributed by atoms with Gasteiger partial charge in [-0.25, -0.2) is 4.79 Å². The Morgan fingerprint density at radius 3 is 2.10 bits per heavy atom. The predicted molar refractivity (Wildman–Crippen MR) is 182 cm³/mol. The number of carbonyl (C=O) groups excluding carboxylic acids is 3. The lowest BCUT2D eigenvalue weighted by Gasteiger charge is -2.21. The first-order valence-electron chi connectivity index (χ1n) is 16.1. The Balaban J connectivity index is 1.30. The molecule has 4 aromatic rings. The van der Waals surface area contributed by atoms with Crippen LogP contribution in [0.5, 0.6) is 11.5 Å². The van der Waals surface area contributed by atoms with E-state index < -0.39 is 24.4 Å². The van der Waals surface area contributed by atoms with E-state index in [4.69, 9.17) is 9.47 Å². The van der Waals surface area contributed by atoms with Crippen LogP contribution in [-0.4, -0.2) is 51.9 Å². The molecule has 0 spiro atoms. The summed E-state index contributed by atoms with van der Waals surface area (Å²) in [5, 5.41) is 12.2. The minimum atomic E-state index is -1.16. The fourth-order valence-corrected chi connectivity index (χ4v) is 4.96. The Hall–Kier alpha value is -5.51. The summed E-state index contributed by atoms with van der Waals surface area (Å²) in [6, 6.07) is 23.1. The molecule has 0 saturated carbocycles. The van der Waals surface area contributed by atoms with Gasteiger partial charge in [-0.1, -0.05) is 57.2 Å². The lowest BCUT2D eigenvalue weighted by molar-refractivity contribution is -0.137. The van der Waals surface area contributed by atoms with E-state index in [1.165, 1.54) is 48.9 Å². The summed E-state index contributed by atoms with van der Waals surface area (Å²) < 4.78 is 11.3. The Labute approximate surface area is 280 Å². The number of carboxylic acid groups (broad SMARTS) is 1. The fourth-order valence-electron chi connectivity index (χ4n) is 4.96. The fraction of sp³-hybridized carbons (Fsp3) is 0.289. The van der Waals surface area contributed by atoms with Crippen LogP contribution in [0.1, 0.15) is 87.8 Å². The molecule has 3 aromatic carbocycles. The van der Waals surface area contributed by atoms with E-state index in [9.17, 15) is 24.3 Å². The molecule has 250 valence electrons. The predicted octanol–water partition coefficient (Wildman–Crippen LogP) is 7.33. The molecule has 0 bridgehead atoms.